The molecule has 0 aliphatic carbocycles. The van der Waals surface area contributed by atoms with E-state index in [1.807, 2.05) is 6.07 Å². The van der Waals surface area contributed by atoms with Gasteiger partial charge in [0.1, 0.15) is 12.4 Å². The molecule has 0 amide bonds. The van der Waals surface area contributed by atoms with Gasteiger partial charge in [0, 0.05) is 25.8 Å². The number of likely N-dealkylation sites (tertiary alicyclic amines) is 1. The SMILES string of the molecule is COCC1CCN(Cc2cc(F)cc(C#CCO)c2)C1. The van der Waals surface area contributed by atoms with E-state index in [0.717, 1.165) is 38.2 Å². The van der Waals surface area contributed by atoms with Crippen molar-refractivity contribution in [2.45, 2.75) is 13.0 Å². The molecule has 0 spiro atoms. The highest BCUT2D eigenvalue weighted by Crippen LogP contribution is 2.19. The molecule has 0 radical (unpaired) electrons. The third-order valence-electron chi connectivity index (χ3n) is 3.45. The lowest BCUT2D eigenvalue weighted by Gasteiger charge is -2.16. The number of rotatable bonds is 4. The van der Waals surface area contributed by atoms with Gasteiger partial charge in [0.2, 0.25) is 0 Å². The van der Waals surface area contributed by atoms with Crippen LogP contribution < -0.4 is 0 Å². The zero-order valence-corrected chi connectivity index (χ0v) is 11.7. The summed E-state index contributed by atoms with van der Waals surface area (Å²) >= 11 is 0. The Morgan fingerprint density at radius 1 is 1.45 bits per heavy atom. The summed E-state index contributed by atoms with van der Waals surface area (Å²) in [6.45, 7) is 3.31. The van der Waals surface area contributed by atoms with Crippen molar-refractivity contribution in [1.82, 2.24) is 4.90 Å². The molecule has 4 heteroatoms. The van der Waals surface area contributed by atoms with Crippen LogP contribution in [0.3, 0.4) is 0 Å². The van der Waals surface area contributed by atoms with Crippen molar-refractivity contribution in [3.8, 4) is 11.8 Å². The van der Waals surface area contributed by atoms with E-state index in [0.29, 0.717) is 11.5 Å². The predicted octanol–water partition coefficient (Wildman–Crippen LogP) is 1.64. The number of nitrogens with zero attached hydrogens (tertiary/aromatic N) is 1. The van der Waals surface area contributed by atoms with Crippen LogP contribution in [0, 0.1) is 23.6 Å². The first-order valence-electron chi connectivity index (χ1n) is 6.81. The van der Waals surface area contributed by atoms with Gasteiger partial charge in [-0.15, -0.1) is 0 Å². The quantitative estimate of drug-likeness (QED) is 0.849. The summed E-state index contributed by atoms with van der Waals surface area (Å²) in [6, 6.07) is 4.83. The van der Waals surface area contributed by atoms with E-state index in [1.54, 1.807) is 13.2 Å². The Kier molecular flexibility index (Phi) is 5.54. The van der Waals surface area contributed by atoms with E-state index in [1.165, 1.54) is 6.07 Å². The molecule has 0 aromatic heterocycles. The Balaban J connectivity index is 2.01. The third kappa shape index (κ3) is 4.31. The molecule has 1 unspecified atom stereocenters. The second-order valence-electron chi connectivity index (χ2n) is 5.15. The molecule has 3 nitrogen and oxygen atoms in total. The molecule has 1 aromatic rings. The molecular formula is C16H20FNO2. The minimum absolute atomic E-state index is 0.212. The van der Waals surface area contributed by atoms with Crippen LogP contribution in [-0.2, 0) is 11.3 Å². The molecule has 108 valence electrons. The molecule has 0 saturated carbocycles. The van der Waals surface area contributed by atoms with E-state index < -0.39 is 0 Å². The summed E-state index contributed by atoms with van der Waals surface area (Å²) in [5, 5.41) is 8.69. The smallest absolute Gasteiger partial charge is 0.124 e. The predicted molar refractivity (Wildman–Crippen MR) is 75.6 cm³/mol. The van der Waals surface area contributed by atoms with Crippen LogP contribution >= 0.6 is 0 Å². The first-order valence-corrected chi connectivity index (χ1v) is 6.81. The Hall–Kier alpha value is -1.41. The minimum Gasteiger partial charge on any atom is -0.384 e. The van der Waals surface area contributed by atoms with Crippen molar-refractivity contribution >= 4 is 0 Å². The largest absolute Gasteiger partial charge is 0.384 e. The second kappa shape index (κ2) is 7.39. The molecule has 1 heterocycles. The summed E-state index contributed by atoms with van der Waals surface area (Å²) < 4.78 is 18.7. The van der Waals surface area contributed by atoms with Gasteiger partial charge in [-0.05, 0) is 42.6 Å². The lowest BCUT2D eigenvalue weighted by atomic mass is 10.1. The monoisotopic (exact) mass is 277 g/mol. The molecule has 2 rings (SSSR count). The average Bonchev–Trinajstić information content (AvgIpc) is 2.83. The Morgan fingerprint density at radius 2 is 2.30 bits per heavy atom. The fourth-order valence-electron chi connectivity index (χ4n) is 2.64. The molecular weight excluding hydrogens is 257 g/mol. The summed E-state index contributed by atoms with van der Waals surface area (Å²) in [4.78, 5) is 2.31. The number of aliphatic hydroxyl groups is 1. The van der Waals surface area contributed by atoms with Crippen LogP contribution in [0.15, 0.2) is 18.2 Å². The molecule has 1 fully saturated rings. The van der Waals surface area contributed by atoms with Crippen LogP contribution in [0.5, 0.6) is 0 Å². The van der Waals surface area contributed by atoms with Gasteiger partial charge in [-0.1, -0.05) is 11.8 Å². The number of hydrogen-bond acceptors (Lipinski definition) is 3. The second-order valence-corrected chi connectivity index (χ2v) is 5.15. The molecule has 1 atom stereocenters. The van der Waals surface area contributed by atoms with Crippen LogP contribution in [-0.4, -0.2) is 43.4 Å². The van der Waals surface area contributed by atoms with E-state index in [4.69, 9.17) is 9.84 Å². The molecule has 1 saturated heterocycles. The van der Waals surface area contributed by atoms with Gasteiger partial charge < -0.3 is 9.84 Å². The van der Waals surface area contributed by atoms with Crippen LogP contribution in [0.25, 0.3) is 0 Å². The van der Waals surface area contributed by atoms with E-state index in [2.05, 4.69) is 16.7 Å². The molecule has 1 N–H and O–H groups in total. The first kappa shape index (κ1) is 15.0. The van der Waals surface area contributed by atoms with Crippen molar-refractivity contribution in [1.29, 1.82) is 0 Å². The molecule has 1 aliphatic heterocycles. The lowest BCUT2D eigenvalue weighted by Crippen LogP contribution is -2.21. The van der Waals surface area contributed by atoms with Crippen LogP contribution in [0.1, 0.15) is 17.5 Å². The molecule has 1 aromatic carbocycles. The maximum Gasteiger partial charge on any atom is 0.124 e. The summed E-state index contributed by atoms with van der Waals surface area (Å²) in [5.74, 6) is 5.59. The number of aliphatic hydroxyl groups excluding tert-OH is 1. The maximum atomic E-state index is 13.6. The van der Waals surface area contributed by atoms with Crippen LogP contribution in [0.2, 0.25) is 0 Å². The van der Waals surface area contributed by atoms with Crippen LogP contribution in [0.4, 0.5) is 4.39 Å². The van der Waals surface area contributed by atoms with E-state index >= 15 is 0 Å². The van der Waals surface area contributed by atoms with Gasteiger partial charge in [-0.3, -0.25) is 4.90 Å². The molecule has 1 aliphatic rings. The number of ether oxygens (including phenoxy) is 1. The summed E-state index contributed by atoms with van der Waals surface area (Å²) in [5.41, 5.74) is 1.53. The fraction of sp³-hybridized carbons (Fsp3) is 0.500. The topological polar surface area (TPSA) is 32.7 Å². The van der Waals surface area contributed by atoms with Gasteiger partial charge in [-0.2, -0.15) is 0 Å². The highest BCUT2D eigenvalue weighted by atomic mass is 19.1. The average molecular weight is 277 g/mol. The number of halogens is 1. The van der Waals surface area contributed by atoms with E-state index in [-0.39, 0.29) is 12.4 Å². The molecule has 20 heavy (non-hydrogen) atoms. The van der Waals surface area contributed by atoms with Gasteiger partial charge in [0.25, 0.3) is 0 Å². The van der Waals surface area contributed by atoms with Crippen molar-refractivity contribution in [3.63, 3.8) is 0 Å². The van der Waals surface area contributed by atoms with E-state index in [9.17, 15) is 4.39 Å². The van der Waals surface area contributed by atoms with Crippen molar-refractivity contribution in [2.24, 2.45) is 5.92 Å². The number of hydrogen-bond donors (Lipinski definition) is 1. The summed E-state index contributed by atoms with van der Waals surface area (Å²) in [6.07, 6.45) is 1.13. The Morgan fingerprint density at radius 3 is 3.05 bits per heavy atom. The zero-order chi connectivity index (χ0) is 14.4. The lowest BCUT2D eigenvalue weighted by molar-refractivity contribution is 0.152. The highest BCUT2D eigenvalue weighted by Gasteiger charge is 2.22. The fourth-order valence-corrected chi connectivity index (χ4v) is 2.64. The van der Waals surface area contributed by atoms with Crippen molar-refractivity contribution in [3.05, 3.63) is 35.1 Å². The highest BCUT2D eigenvalue weighted by molar-refractivity contribution is 5.37. The first-order chi connectivity index (χ1) is 9.71. The number of methoxy groups -OCH3 is 1. The zero-order valence-electron chi connectivity index (χ0n) is 11.7. The summed E-state index contributed by atoms with van der Waals surface area (Å²) in [7, 11) is 1.72. The van der Waals surface area contributed by atoms with Gasteiger partial charge >= 0.3 is 0 Å². The normalized spacial score (nSPS) is 18.9. The van der Waals surface area contributed by atoms with Gasteiger partial charge in [0.05, 0.1) is 6.61 Å². The number of benzene rings is 1. The van der Waals surface area contributed by atoms with Crippen molar-refractivity contribution in [2.75, 3.05) is 33.4 Å². The molecule has 0 bridgehead atoms. The maximum absolute atomic E-state index is 13.6. The standard InChI is InChI=1S/C16H20FNO2/c1-20-12-14-4-5-18(10-14)11-15-7-13(3-2-6-19)8-16(17)9-15/h7-9,14,19H,4-6,10-12H2,1H3. The van der Waals surface area contributed by atoms with Gasteiger partial charge in [-0.25, -0.2) is 4.39 Å². The Bertz CT molecular complexity index is 507. The minimum atomic E-state index is -0.280. The van der Waals surface area contributed by atoms with Gasteiger partial charge in [0.15, 0.2) is 0 Å². The third-order valence-corrected chi connectivity index (χ3v) is 3.45. The Labute approximate surface area is 119 Å². The van der Waals surface area contributed by atoms with Crippen molar-refractivity contribution < 1.29 is 14.2 Å².